The van der Waals surface area contributed by atoms with Gasteiger partial charge in [0, 0.05) is 17.4 Å². The molecule has 0 radical (unpaired) electrons. The lowest BCUT2D eigenvalue weighted by Gasteiger charge is -2.10. The molecular weight excluding hydrogens is 320 g/mol. The van der Waals surface area contributed by atoms with Crippen LogP contribution in [-0.2, 0) is 16.4 Å². The maximum atomic E-state index is 11.4. The molecule has 0 spiro atoms. The average Bonchev–Trinajstić information content (AvgIpc) is 2.76. The summed E-state index contributed by atoms with van der Waals surface area (Å²) in [6.45, 7) is 2.35. The van der Waals surface area contributed by atoms with Crippen molar-refractivity contribution in [3.8, 4) is 5.75 Å². The van der Waals surface area contributed by atoms with Crippen molar-refractivity contribution < 1.29 is 13.2 Å². The third kappa shape index (κ3) is 3.69. The van der Waals surface area contributed by atoms with Crippen LogP contribution in [0.15, 0.2) is 28.5 Å². The number of ether oxygens (including phenoxy) is 1. The van der Waals surface area contributed by atoms with E-state index in [4.69, 9.17) is 21.5 Å². The molecule has 0 atom stereocenters. The van der Waals surface area contributed by atoms with Crippen LogP contribution in [0.5, 0.6) is 5.75 Å². The summed E-state index contributed by atoms with van der Waals surface area (Å²) in [5, 5.41) is 8.07. The first-order valence-electron chi connectivity index (χ1n) is 5.78. The molecule has 5 nitrogen and oxygen atoms in total. The Morgan fingerprint density at radius 2 is 2.20 bits per heavy atom. The second-order valence-electron chi connectivity index (χ2n) is 3.99. The number of nitrogens with two attached hydrogens (primary N) is 1. The second kappa shape index (κ2) is 6.09. The van der Waals surface area contributed by atoms with Gasteiger partial charge in [0.1, 0.15) is 10.9 Å². The number of hydrogen-bond donors (Lipinski definition) is 1. The molecule has 2 N–H and O–H groups in total. The van der Waals surface area contributed by atoms with Crippen molar-refractivity contribution >= 4 is 33.0 Å². The molecule has 2 rings (SSSR count). The zero-order chi connectivity index (χ0) is 14.8. The van der Waals surface area contributed by atoms with Crippen LogP contribution >= 0.6 is 22.9 Å². The van der Waals surface area contributed by atoms with E-state index in [9.17, 15) is 8.42 Å². The van der Waals surface area contributed by atoms with E-state index in [1.54, 1.807) is 11.4 Å². The van der Waals surface area contributed by atoms with Crippen molar-refractivity contribution in [1.82, 2.24) is 4.98 Å². The van der Waals surface area contributed by atoms with Gasteiger partial charge in [0.2, 0.25) is 10.0 Å². The Kier molecular flexibility index (Phi) is 4.64. The number of thiazole rings is 1. The van der Waals surface area contributed by atoms with Gasteiger partial charge in [0.15, 0.2) is 0 Å². The molecule has 0 saturated carbocycles. The quantitative estimate of drug-likeness (QED) is 0.911. The Labute approximate surface area is 126 Å². The monoisotopic (exact) mass is 332 g/mol. The molecule has 8 heteroatoms. The summed E-state index contributed by atoms with van der Waals surface area (Å²) in [5.41, 5.74) is 0.712. The fourth-order valence-corrected chi connectivity index (χ4v) is 3.23. The van der Waals surface area contributed by atoms with Gasteiger partial charge < -0.3 is 4.74 Å². The summed E-state index contributed by atoms with van der Waals surface area (Å²) in [6.07, 6.45) is 0.441. The van der Waals surface area contributed by atoms with Crippen LogP contribution in [-0.4, -0.2) is 20.0 Å². The summed E-state index contributed by atoms with van der Waals surface area (Å²) in [6, 6.07) is 4.54. The molecule has 0 unspecified atom stereocenters. The zero-order valence-corrected chi connectivity index (χ0v) is 13.1. The fraction of sp³-hybridized carbons (Fsp3) is 0.250. The lowest BCUT2D eigenvalue weighted by Crippen LogP contribution is -2.12. The lowest BCUT2D eigenvalue weighted by atomic mass is 10.1. The Bertz CT molecular complexity index is 713. The molecule has 0 fully saturated rings. The third-order valence-electron chi connectivity index (χ3n) is 2.53. The van der Waals surface area contributed by atoms with Crippen LogP contribution in [0, 0.1) is 0 Å². The van der Waals surface area contributed by atoms with Crippen molar-refractivity contribution in [2.24, 2.45) is 5.14 Å². The predicted molar refractivity (Wildman–Crippen MR) is 78.9 cm³/mol. The van der Waals surface area contributed by atoms with Crippen molar-refractivity contribution in [2.75, 3.05) is 6.61 Å². The fourth-order valence-electron chi connectivity index (χ4n) is 1.70. The maximum absolute atomic E-state index is 11.4. The van der Waals surface area contributed by atoms with E-state index in [0.29, 0.717) is 29.5 Å². The molecule has 0 aliphatic rings. The van der Waals surface area contributed by atoms with E-state index in [1.165, 1.54) is 23.5 Å². The minimum atomic E-state index is -3.74. The molecule has 20 heavy (non-hydrogen) atoms. The smallest absolute Gasteiger partial charge is 0.238 e. The Balaban J connectivity index is 2.41. The van der Waals surface area contributed by atoms with E-state index >= 15 is 0 Å². The van der Waals surface area contributed by atoms with Crippen molar-refractivity contribution in [2.45, 2.75) is 18.2 Å². The van der Waals surface area contributed by atoms with E-state index < -0.39 is 10.0 Å². The topological polar surface area (TPSA) is 82.3 Å². The predicted octanol–water partition coefficient (Wildman–Crippen LogP) is 2.43. The minimum absolute atomic E-state index is 0.0543. The first-order chi connectivity index (χ1) is 9.40. The molecule has 0 saturated heterocycles. The van der Waals surface area contributed by atoms with Crippen molar-refractivity contribution in [3.05, 3.63) is 39.3 Å². The van der Waals surface area contributed by atoms with Crippen LogP contribution in [0.1, 0.15) is 17.5 Å². The number of sulfonamides is 1. The highest BCUT2D eigenvalue weighted by Crippen LogP contribution is 2.26. The number of hydrogen-bond acceptors (Lipinski definition) is 5. The highest BCUT2D eigenvalue weighted by atomic mass is 35.5. The van der Waals surface area contributed by atoms with Gasteiger partial charge in [-0.25, -0.2) is 18.5 Å². The molecule has 0 aliphatic heterocycles. The Hall–Kier alpha value is -1.15. The molecule has 0 bridgehead atoms. The van der Waals surface area contributed by atoms with Gasteiger partial charge >= 0.3 is 0 Å². The summed E-state index contributed by atoms with van der Waals surface area (Å²) in [4.78, 5) is 4.20. The first kappa shape index (κ1) is 15.2. The van der Waals surface area contributed by atoms with Crippen LogP contribution in [0.2, 0.25) is 5.15 Å². The standard InChI is InChI=1S/C12H13ClN2O3S2/c1-2-18-10-4-3-9(20(14,16)17)5-8(10)6-12-15-11(13)7-19-12/h3-5,7H,2,6H2,1H3,(H2,14,16,17). The molecule has 1 aromatic heterocycles. The Morgan fingerprint density at radius 3 is 2.75 bits per heavy atom. The number of nitrogens with zero attached hydrogens (tertiary/aromatic N) is 1. The van der Waals surface area contributed by atoms with E-state index in [1.807, 2.05) is 6.92 Å². The van der Waals surface area contributed by atoms with Crippen molar-refractivity contribution in [1.29, 1.82) is 0 Å². The van der Waals surface area contributed by atoms with Crippen LogP contribution in [0.25, 0.3) is 0 Å². The van der Waals surface area contributed by atoms with Gasteiger partial charge in [-0.2, -0.15) is 0 Å². The molecule has 2 aromatic rings. The average molecular weight is 333 g/mol. The van der Waals surface area contributed by atoms with Gasteiger partial charge in [-0.05, 0) is 25.1 Å². The zero-order valence-electron chi connectivity index (χ0n) is 10.7. The normalized spacial score (nSPS) is 11.6. The van der Waals surface area contributed by atoms with Gasteiger partial charge in [-0.15, -0.1) is 11.3 Å². The van der Waals surface area contributed by atoms with Crippen LogP contribution in [0.3, 0.4) is 0 Å². The van der Waals surface area contributed by atoms with E-state index in [2.05, 4.69) is 4.98 Å². The first-order valence-corrected chi connectivity index (χ1v) is 8.59. The summed E-state index contributed by atoms with van der Waals surface area (Å²) in [7, 11) is -3.74. The van der Waals surface area contributed by atoms with Gasteiger partial charge in [0.05, 0.1) is 16.5 Å². The summed E-state index contributed by atoms with van der Waals surface area (Å²) < 4.78 is 28.3. The molecule has 0 amide bonds. The number of aromatic nitrogens is 1. The highest BCUT2D eigenvalue weighted by Gasteiger charge is 2.14. The molecule has 0 aliphatic carbocycles. The Morgan fingerprint density at radius 1 is 1.45 bits per heavy atom. The number of rotatable bonds is 5. The third-order valence-corrected chi connectivity index (χ3v) is 4.61. The second-order valence-corrected chi connectivity index (χ2v) is 6.88. The largest absolute Gasteiger partial charge is 0.494 e. The van der Waals surface area contributed by atoms with E-state index in [-0.39, 0.29) is 4.90 Å². The SMILES string of the molecule is CCOc1ccc(S(N)(=O)=O)cc1Cc1nc(Cl)cs1. The molecule has 1 heterocycles. The lowest BCUT2D eigenvalue weighted by molar-refractivity contribution is 0.337. The maximum Gasteiger partial charge on any atom is 0.238 e. The number of halogens is 1. The van der Waals surface area contributed by atoms with Gasteiger partial charge in [-0.3, -0.25) is 0 Å². The van der Waals surface area contributed by atoms with Gasteiger partial charge in [0.25, 0.3) is 0 Å². The van der Waals surface area contributed by atoms with Crippen LogP contribution in [0.4, 0.5) is 0 Å². The molecule has 108 valence electrons. The van der Waals surface area contributed by atoms with Crippen LogP contribution < -0.4 is 9.88 Å². The molecule has 1 aromatic carbocycles. The minimum Gasteiger partial charge on any atom is -0.494 e. The summed E-state index contributed by atoms with van der Waals surface area (Å²) >= 11 is 7.19. The van der Waals surface area contributed by atoms with E-state index in [0.717, 1.165) is 5.01 Å². The summed E-state index contributed by atoms with van der Waals surface area (Å²) in [5.74, 6) is 0.617. The van der Waals surface area contributed by atoms with Crippen molar-refractivity contribution in [3.63, 3.8) is 0 Å². The molecular formula is C12H13ClN2O3S2. The number of primary sulfonamides is 1. The highest BCUT2D eigenvalue weighted by molar-refractivity contribution is 7.89. The number of benzene rings is 1. The van der Waals surface area contributed by atoms with Gasteiger partial charge in [-0.1, -0.05) is 11.6 Å².